The van der Waals surface area contributed by atoms with Crippen LogP contribution in [0.2, 0.25) is 0 Å². The lowest BCUT2D eigenvalue weighted by atomic mass is 10.2. The van der Waals surface area contributed by atoms with E-state index in [1.807, 2.05) is 0 Å². The summed E-state index contributed by atoms with van der Waals surface area (Å²) in [6, 6.07) is 4.32. The normalized spacial score (nSPS) is 10.4. The van der Waals surface area contributed by atoms with Crippen molar-refractivity contribution in [3.63, 3.8) is 0 Å². The number of halogens is 1. The van der Waals surface area contributed by atoms with Gasteiger partial charge in [-0.05, 0) is 18.6 Å². The van der Waals surface area contributed by atoms with Crippen LogP contribution in [0.25, 0.3) is 0 Å². The highest BCUT2D eigenvalue weighted by Crippen LogP contribution is 2.05. The molecular weight excluding hydrogens is 202 g/mol. The predicted molar refractivity (Wildman–Crippen MR) is 52.2 cm³/mol. The Hall–Kier alpha value is -0.240. The van der Waals surface area contributed by atoms with Crippen LogP contribution < -0.4 is 0 Å². The summed E-state index contributed by atoms with van der Waals surface area (Å²) in [5.74, 6) is 0. The fraction of sp³-hybridized carbons (Fsp3) is 0.556. The molecule has 0 atom stereocenters. The highest BCUT2D eigenvalue weighted by Gasteiger charge is 1.96. The van der Waals surface area contributed by atoms with Gasteiger partial charge in [0.05, 0.1) is 0 Å². The van der Waals surface area contributed by atoms with Crippen LogP contribution in [0.5, 0.6) is 0 Å². The van der Waals surface area contributed by atoms with Crippen molar-refractivity contribution in [2.75, 3.05) is 5.33 Å². The molecule has 0 spiro atoms. The van der Waals surface area contributed by atoms with Gasteiger partial charge in [0.15, 0.2) is 0 Å². The second-order valence-electron chi connectivity index (χ2n) is 2.63. The molecule has 2 heteroatoms. The predicted octanol–water partition coefficient (Wildman–Crippen LogP) is 2.84. The number of aryl methyl sites for hydroxylation is 2. The highest BCUT2D eigenvalue weighted by molar-refractivity contribution is 9.09. The lowest BCUT2D eigenvalue weighted by Crippen LogP contribution is -2.01. The van der Waals surface area contributed by atoms with Crippen molar-refractivity contribution >= 4 is 15.9 Å². The van der Waals surface area contributed by atoms with Gasteiger partial charge in [-0.2, -0.15) is 0 Å². The summed E-state index contributed by atoms with van der Waals surface area (Å²) >= 11 is 3.44. The van der Waals surface area contributed by atoms with Crippen LogP contribution in [0.15, 0.2) is 18.3 Å². The minimum Gasteiger partial charge on any atom is -0.351 e. The van der Waals surface area contributed by atoms with Crippen molar-refractivity contribution < 1.29 is 0 Å². The van der Waals surface area contributed by atoms with E-state index in [1.54, 1.807) is 0 Å². The van der Waals surface area contributed by atoms with Crippen molar-refractivity contribution in [2.24, 2.45) is 0 Å². The third-order valence-corrected chi connectivity index (χ3v) is 2.11. The molecule has 1 aromatic heterocycles. The highest BCUT2D eigenvalue weighted by atomic mass is 79.9. The third-order valence-electron chi connectivity index (χ3n) is 1.76. The maximum absolute atomic E-state index is 3.44. The van der Waals surface area contributed by atoms with E-state index in [9.17, 15) is 0 Å². The van der Waals surface area contributed by atoms with E-state index in [0.29, 0.717) is 0 Å². The lowest BCUT2D eigenvalue weighted by molar-refractivity contribution is 0.710. The van der Waals surface area contributed by atoms with Gasteiger partial charge in [-0.3, -0.25) is 0 Å². The number of hydrogen-bond acceptors (Lipinski definition) is 0. The third kappa shape index (κ3) is 2.37. The van der Waals surface area contributed by atoms with E-state index in [4.69, 9.17) is 0 Å². The molecule has 0 aliphatic carbocycles. The summed E-state index contributed by atoms with van der Waals surface area (Å²) in [5.41, 5.74) is 1.45. The van der Waals surface area contributed by atoms with Crippen LogP contribution in [0.3, 0.4) is 0 Å². The first kappa shape index (κ1) is 8.85. The van der Waals surface area contributed by atoms with Crippen molar-refractivity contribution in [2.45, 2.75) is 26.3 Å². The van der Waals surface area contributed by atoms with Crippen molar-refractivity contribution in [3.05, 3.63) is 24.0 Å². The molecule has 11 heavy (non-hydrogen) atoms. The van der Waals surface area contributed by atoms with E-state index in [2.05, 4.69) is 45.8 Å². The second-order valence-corrected chi connectivity index (χ2v) is 3.42. The molecule has 1 rings (SSSR count). The van der Waals surface area contributed by atoms with Crippen molar-refractivity contribution in [3.8, 4) is 0 Å². The average molecular weight is 216 g/mol. The SMILES string of the molecule is CCCc1cccn1CCBr. The Morgan fingerprint density at radius 2 is 2.36 bits per heavy atom. The molecule has 1 nitrogen and oxygen atoms in total. The summed E-state index contributed by atoms with van der Waals surface area (Å²) in [6.45, 7) is 3.30. The molecule has 0 aliphatic rings. The van der Waals surface area contributed by atoms with Crippen LogP contribution >= 0.6 is 15.9 Å². The standard InChI is InChI=1S/C9H14BrN/c1-2-4-9-5-3-7-11(9)8-6-10/h3,5,7H,2,4,6,8H2,1H3. The van der Waals surface area contributed by atoms with E-state index >= 15 is 0 Å². The fourth-order valence-corrected chi connectivity index (χ4v) is 1.62. The first-order valence-electron chi connectivity index (χ1n) is 4.08. The molecule has 0 saturated heterocycles. The van der Waals surface area contributed by atoms with Crippen molar-refractivity contribution in [1.29, 1.82) is 0 Å². The largest absolute Gasteiger partial charge is 0.351 e. The molecule has 0 unspecified atom stereocenters. The van der Waals surface area contributed by atoms with E-state index in [0.717, 1.165) is 11.9 Å². The van der Waals surface area contributed by atoms with Crippen LogP contribution in [-0.4, -0.2) is 9.90 Å². The zero-order valence-electron chi connectivity index (χ0n) is 6.89. The van der Waals surface area contributed by atoms with Gasteiger partial charge in [-0.15, -0.1) is 0 Å². The zero-order valence-corrected chi connectivity index (χ0v) is 8.47. The molecule has 0 radical (unpaired) electrons. The number of aromatic nitrogens is 1. The fourth-order valence-electron chi connectivity index (χ4n) is 1.24. The first-order valence-corrected chi connectivity index (χ1v) is 5.20. The Kier molecular flexibility index (Phi) is 3.70. The van der Waals surface area contributed by atoms with Crippen LogP contribution in [0.1, 0.15) is 19.0 Å². The Balaban J connectivity index is 2.62. The summed E-state index contributed by atoms with van der Waals surface area (Å²) in [4.78, 5) is 0. The van der Waals surface area contributed by atoms with Gasteiger partial charge >= 0.3 is 0 Å². The smallest absolute Gasteiger partial charge is 0.0319 e. The molecule has 0 bridgehead atoms. The lowest BCUT2D eigenvalue weighted by Gasteiger charge is -2.04. The molecule has 0 saturated carbocycles. The minimum absolute atomic E-state index is 1.04. The molecule has 1 heterocycles. The topological polar surface area (TPSA) is 4.93 Å². The molecule has 0 aromatic carbocycles. The maximum Gasteiger partial charge on any atom is 0.0319 e. The van der Waals surface area contributed by atoms with Crippen molar-refractivity contribution in [1.82, 2.24) is 4.57 Å². The Labute approximate surface area is 76.5 Å². The van der Waals surface area contributed by atoms with Gasteiger partial charge in [0, 0.05) is 23.8 Å². The van der Waals surface area contributed by atoms with Gasteiger partial charge in [-0.25, -0.2) is 0 Å². The minimum atomic E-state index is 1.04. The quantitative estimate of drug-likeness (QED) is 0.682. The Morgan fingerprint density at radius 3 is 3.00 bits per heavy atom. The molecular formula is C9H14BrN. The zero-order chi connectivity index (χ0) is 8.10. The monoisotopic (exact) mass is 215 g/mol. The molecule has 0 N–H and O–H groups in total. The second kappa shape index (κ2) is 4.60. The molecule has 62 valence electrons. The Bertz CT molecular complexity index is 185. The van der Waals surface area contributed by atoms with Gasteiger partial charge < -0.3 is 4.57 Å². The summed E-state index contributed by atoms with van der Waals surface area (Å²) in [6.07, 6.45) is 4.57. The summed E-state index contributed by atoms with van der Waals surface area (Å²) < 4.78 is 2.30. The van der Waals surface area contributed by atoms with Gasteiger partial charge in [0.2, 0.25) is 0 Å². The van der Waals surface area contributed by atoms with E-state index < -0.39 is 0 Å². The number of alkyl halides is 1. The van der Waals surface area contributed by atoms with Gasteiger partial charge in [-0.1, -0.05) is 29.3 Å². The number of rotatable bonds is 4. The van der Waals surface area contributed by atoms with Crippen LogP contribution in [-0.2, 0) is 13.0 Å². The molecule has 1 aromatic rings. The summed E-state index contributed by atoms with van der Waals surface area (Å²) in [5, 5.41) is 1.04. The maximum atomic E-state index is 3.44. The number of hydrogen-bond donors (Lipinski definition) is 0. The van der Waals surface area contributed by atoms with Gasteiger partial charge in [0.1, 0.15) is 0 Å². The molecule has 0 amide bonds. The molecule has 0 fully saturated rings. The van der Waals surface area contributed by atoms with E-state index in [1.165, 1.54) is 18.5 Å². The number of nitrogens with zero attached hydrogens (tertiary/aromatic N) is 1. The first-order chi connectivity index (χ1) is 5.38. The average Bonchev–Trinajstić information content (AvgIpc) is 2.39. The van der Waals surface area contributed by atoms with Gasteiger partial charge in [0.25, 0.3) is 0 Å². The van der Waals surface area contributed by atoms with Crippen LogP contribution in [0, 0.1) is 0 Å². The van der Waals surface area contributed by atoms with E-state index in [-0.39, 0.29) is 0 Å². The summed E-state index contributed by atoms with van der Waals surface area (Å²) in [7, 11) is 0. The Morgan fingerprint density at radius 1 is 1.55 bits per heavy atom. The van der Waals surface area contributed by atoms with Crippen LogP contribution in [0.4, 0.5) is 0 Å². The molecule has 0 aliphatic heterocycles.